The molecule has 1 aromatic carbocycles. The Kier molecular flexibility index (Phi) is 5.22. The van der Waals surface area contributed by atoms with Crippen LogP contribution in [0.3, 0.4) is 0 Å². The summed E-state index contributed by atoms with van der Waals surface area (Å²) in [6, 6.07) is 5.99. The number of hydrogen-bond acceptors (Lipinski definition) is 1. The molecule has 0 bridgehead atoms. The maximum absolute atomic E-state index is 15.2. The molecule has 0 N–H and O–H groups in total. The van der Waals surface area contributed by atoms with Gasteiger partial charge in [0.05, 0.1) is 17.0 Å². The number of nitriles is 1. The molecule has 26 heavy (non-hydrogen) atoms. The third kappa shape index (κ3) is 3.02. The van der Waals surface area contributed by atoms with E-state index in [2.05, 4.69) is 0 Å². The van der Waals surface area contributed by atoms with E-state index in [1.165, 1.54) is 19.1 Å². The summed E-state index contributed by atoms with van der Waals surface area (Å²) in [7, 11) is 0. The molecular formula is C17H11F7IN. The van der Waals surface area contributed by atoms with Crippen molar-refractivity contribution in [1.82, 2.24) is 0 Å². The number of alkyl halides is 7. The van der Waals surface area contributed by atoms with Crippen molar-refractivity contribution >= 4 is 22.6 Å². The molecule has 1 atom stereocenters. The van der Waals surface area contributed by atoms with Crippen molar-refractivity contribution in [3.8, 4) is 6.07 Å². The van der Waals surface area contributed by atoms with Gasteiger partial charge in [0.15, 0.2) is 0 Å². The van der Waals surface area contributed by atoms with E-state index < -0.39 is 34.6 Å². The summed E-state index contributed by atoms with van der Waals surface area (Å²) in [5.41, 5.74) is -9.87. The average molecular weight is 489 g/mol. The van der Waals surface area contributed by atoms with Crippen molar-refractivity contribution in [2.75, 3.05) is 0 Å². The van der Waals surface area contributed by atoms with Crippen molar-refractivity contribution in [2.24, 2.45) is 0 Å². The number of benzene rings is 1. The summed E-state index contributed by atoms with van der Waals surface area (Å²) < 4.78 is 96.8. The van der Waals surface area contributed by atoms with Crippen molar-refractivity contribution in [3.63, 3.8) is 0 Å². The zero-order chi connectivity index (χ0) is 20.0. The molecule has 0 aliphatic heterocycles. The van der Waals surface area contributed by atoms with Crippen LogP contribution < -0.4 is 0 Å². The van der Waals surface area contributed by atoms with Crippen LogP contribution >= 0.6 is 22.6 Å². The Morgan fingerprint density at radius 1 is 1.00 bits per heavy atom. The first-order valence-corrected chi connectivity index (χ1v) is 8.25. The summed E-state index contributed by atoms with van der Waals surface area (Å²) >= 11 is 1.58. The van der Waals surface area contributed by atoms with Crippen LogP contribution in [0.15, 0.2) is 45.6 Å². The monoisotopic (exact) mass is 489 g/mol. The van der Waals surface area contributed by atoms with Crippen LogP contribution in [0, 0.1) is 11.3 Å². The first kappa shape index (κ1) is 20.7. The Morgan fingerprint density at radius 2 is 1.54 bits per heavy atom. The first-order chi connectivity index (χ1) is 11.8. The highest BCUT2D eigenvalue weighted by Gasteiger charge is 2.81. The molecule has 0 heterocycles. The molecular weight excluding hydrogens is 478 g/mol. The molecule has 1 aliphatic carbocycles. The number of allylic oxidation sites excluding steroid dienone is 4. The zero-order valence-corrected chi connectivity index (χ0v) is 15.3. The fourth-order valence-corrected chi connectivity index (χ4v) is 4.25. The van der Waals surface area contributed by atoms with Gasteiger partial charge in [-0.1, -0.05) is 35.9 Å². The fourth-order valence-electron chi connectivity index (χ4n) is 3.16. The second-order valence-corrected chi connectivity index (χ2v) is 7.32. The van der Waals surface area contributed by atoms with Crippen molar-refractivity contribution in [3.05, 3.63) is 56.7 Å². The highest BCUT2D eigenvalue weighted by molar-refractivity contribution is 14.1. The predicted molar refractivity (Wildman–Crippen MR) is 89.3 cm³/mol. The highest BCUT2D eigenvalue weighted by Crippen LogP contribution is 2.60. The fraction of sp³-hybridized carbons (Fsp3) is 0.353. The molecule has 2 rings (SSSR count). The number of nitrogens with zero attached hydrogens (tertiary/aromatic N) is 1. The van der Waals surface area contributed by atoms with Crippen LogP contribution in [0.25, 0.3) is 0 Å². The molecule has 0 amide bonds. The van der Waals surface area contributed by atoms with Crippen molar-refractivity contribution in [1.29, 1.82) is 5.26 Å². The van der Waals surface area contributed by atoms with Crippen LogP contribution in [-0.4, -0.2) is 18.0 Å². The van der Waals surface area contributed by atoms with Crippen LogP contribution in [0.5, 0.6) is 0 Å². The number of halogens is 8. The third-order valence-electron chi connectivity index (χ3n) is 4.15. The minimum absolute atomic E-state index is 0.100. The van der Waals surface area contributed by atoms with E-state index >= 15 is 4.39 Å². The minimum atomic E-state index is -6.27. The second-order valence-electron chi connectivity index (χ2n) is 5.94. The van der Waals surface area contributed by atoms with Gasteiger partial charge >= 0.3 is 18.0 Å². The van der Waals surface area contributed by atoms with Crippen LogP contribution in [-0.2, 0) is 5.41 Å². The van der Waals surface area contributed by atoms with Crippen LogP contribution in [0.2, 0.25) is 0 Å². The minimum Gasteiger partial charge on any atom is -0.222 e. The van der Waals surface area contributed by atoms with Gasteiger partial charge in [-0.2, -0.15) is 31.6 Å². The second kappa shape index (κ2) is 6.55. The third-order valence-corrected chi connectivity index (χ3v) is 4.84. The molecule has 0 saturated heterocycles. The lowest BCUT2D eigenvalue weighted by Gasteiger charge is -2.45. The van der Waals surface area contributed by atoms with Gasteiger partial charge in [0.2, 0.25) is 0 Å². The van der Waals surface area contributed by atoms with E-state index in [4.69, 9.17) is 0 Å². The predicted octanol–water partition coefficient (Wildman–Crippen LogP) is 6.30. The maximum Gasteiger partial charge on any atom is 0.433 e. The van der Waals surface area contributed by atoms with Gasteiger partial charge in [0.25, 0.3) is 0 Å². The highest BCUT2D eigenvalue weighted by atomic mass is 127. The molecule has 0 saturated carbocycles. The van der Waals surface area contributed by atoms with Crippen molar-refractivity contribution < 1.29 is 30.7 Å². The van der Waals surface area contributed by atoms with E-state index in [9.17, 15) is 31.6 Å². The molecule has 9 heteroatoms. The summed E-state index contributed by atoms with van der Waals surface area (Å²) in [6.45, 7) is 1.32. The van der Waals surface area contributed by atoms with Crippen LogP contribution in [0.4, 0.5) is 30.7 Å². The van der Waals surface area contributed by atoms with Gasteiger partial charge in [0.1, 0.15) is 0 Å². The van der Waals surface area contributed by atoms with Gasteiger partial charge in [-0.05, 0) is 51.1 Å². The Labute approximate surface area is 158 Å². The standard InChI is InChI=1S/C17H11F7IN/c1-10-6-12(25)8-14(7-10,13-5-3-2-4-11(13)9-26)15(18,16(19,20)21)17(22,23)24/h2-5,7-8H,6H2,1H3. The van der Waals surface area contributed by atoms with Gasteiger partial charge in [0, 0.05) is 0 Å². The molecule has 0 fully saturated rings. The van der Waals surface area contributed by atoms with E-state index in [1.54, 1.807) is 28.7 Å². The average Bonchev–Trinajstić information content (AvgIpc) is 2.50. The van der Waals surface area contributed by atoms with Gasteiger partial charge in [-0.25, -0.2) is 4.39 Å². The Hall–Kier alpha value is -1.57. The van der Waals surface area contributed by atoms with E-state index in [-0.39, 0.29) is 15.6 Å². The largest absolute Gasteiger partial charge is 0.433 e. The molecule has 0 aromatic heterocycles. The normalized spacial score (nSPS) is 21.7. The quantitative estimate of drug-likeness (QED) is 0.272. The lowest BCUT2D eigenvalue weighted by Crippen LogP contribution is -2.65. The van der Waals surface area contributed by atoms with Gasteiger partial charge in [-0.15, -0.1) is 0 Å². The molecule has 1 unspecified atom stereocenters. The lowest BCUT2D eigenvalue weighted by atomic mass is 9.63. The van der Waals surface area contributed by atoms with Gasteiger partial charge < -0.3 is 0 Å². The number of rotatable bonds is 2. The van der Waals surface area contributed by atoms with E-state index in [0.717, 1.165) is 12.1 Å². The summed E-state index contributed by atoms with van der Waals surface area (Å²) in [5, 5.41) is 9.19. The topological polar surface area (TPSA) is 23.8 Å². The molecule has 0 radical (unpaired) electrons. The van der Waals surface area contributed by atoms with E-state index in [1.807, 2.05) is 0 Å². The summed E-state index contributed by atoms with van der Waals surface area (Å²) in [5.74, 6) is 0. The summed E-state index contributed by atoms with van der Waals surface area (Å²) in [6.07, 6.45) is -11.2. The lowest BCUT2D eigenvalue weighted by molar-refractivity contribution is -0.354. The first-order valence-electron chi connectivity index (χ1n) is 7.17. The summed E-state index contributed by atoms with van der Waals surface area (Å²) in [4.78, 5) is 0. The smallest absolute Gasteiger partial charge is 0.222 e. The molecule has 1 aliphatic rings. The van der Waals surface area contributed by atoms with E-state index in [0.29, 0.717) is 12.2 Å². The van der Waals surface area contributed by atoms with Crippen molar-refractivity contribution in [2.45, 2.75) is 36.8 Å². The maximum atomic E-state index is 15.2. The SMILES string of the molecule is CC1=CC(c2ccccc2C#N)(C(F)(C(F)(F)F)C(F)(F)F)C=C(I)C1. The van der Waals surface area contributed by atoms with Gasteiger partial charge in [-0.3, -0.25) is 0 Å². The molecule has 140 valence electrons. The Balaban J connectivity index is 3.05. The Morgan fingerprint density at radius 3 is 2.00 bits per heavy atom. The number of hydrogen-bond donors (Lipinski definition) is 0. The zero-order valence-electron chi connectivity index (χ0n) is 13.1. The van der Waals surface area contributed by atoms with Crippen LogP contribution in [0.1, 0.15) is 24.5 Å². The molecule has 1 nitrogen and oxygen atoms in total. The Bertz CT molecular complexity index is 780. The molecule has 0 spiro atoms. The molecule has 1 aromatic rings.